The van der Waals surface area contributed by atoms with E-state index in [9.17, 15) is 23.1 Å². The van der Waals surface area contributed by atoms with Gasteiger partial charge in [0.25, 0.3) is 0 Å². The largest absolute Gasteiger partial charge is 0.465 e. The molecule has 0 spiro atoms. The fraction of sp³-hybridized carbons (Fsp3) is 0.421. The van der Waals surface area contributed by atoms with Gasteiger partial charge in [0.1, 0.15) is 11.4 Å². The molecule has 2 aliphatic rings. The molecule has 29 heavy (non-hydrogen) atoms. The van der Waals surface area contributed by atoms with Gasteiger partial charge in [-0.05, 0) is 42.5 Å². The van der Waals surface area contributed by atoms with Crippen LogP contribution in [0.3, 0.4) is 0 Å². The van der Waals surface area contributed by atoms with E-state index in [0.29, 0.717) is 18.7 Å². The third kappa shape index (κ3) is 3.43. The van der Waals surface area contributed by atoms with Gasteiger partial charge < -0.3 is 15.7 Å². The Kier molecular flexibility index (Phi) is 4.71. The summed E-state index contributed by atoms with van der Waals surface area (Å²) in [5, 5.41) is 15.1. The van der Waals surface area contributed by atoms with Crippen LogP contribution in [0, 0.1) is 0 Å². The van der Waals surface area contributed by atoms with Gasteiger partial charge in [-0.3, -0.25) is 4.90 Å². The molecule has 2 atom stereocenters. The second kappa shape index (κ2) is 7.09. The lowest BCUT2D eigenvalue weighted by Crippen LogP contribution is -2.25. The summed E-state index contributed by atoms with van der Waals surface area (Å²) in [4.78, 5) is 20.8. The first-order chi connectivity index (χ1) is 13.8. The van der Waals surface area contributed by atoms with Crippen molar-refractivity contribution in [2.24, 2.45) is 0 Å². The van der Waals surface area contributed by atoms with Crippen LogP contribution in [0.5, 0.6) is 0 Å². The molecular formula is C19H20F3N5O2. The van der Waals surface area contributed by atoms with Gasteiger partial charge >= 0.3 is 12.3 Å². The van der Waals surface area contributed by atoms with E-state index in [-0.39, 0.29) is 23.8 Å². The molecule has 2 aliphatic heterocycles. The van der Waals surface area contributed by atoms with Crippen molar-refractivity contribution in [2.75, 3.05) is 17.2 Å². The van der Waals surface area contributed by atoms with E-state index in [1.807, 2.05) is 19.1 Å². The van der Waals surface area contributed by atoms with Gasteiger partial charge in [-0.25, -0.2) is 9.78 Å². The lowest BCUT2D eigenvalue weighted by Gasteiger charge is -2.17. The number of alkyl halides is 3. The number of rotatable bonds is 5. The third-order valence-corrected chi connectivity index (χ3v) is 5.30. The van der Waals surface area contributed by atoms with Gasteiger partial charge in [0.2, 0.25) is 5.95 Å². The summed E-state index contributed by atoms with van der Waals surface area (Å²) in [7, 11) is 0. The number of aromatic nitrogens is 2. The standard InChI is InChI=1S/C19H20F3N5O2/c1-2-7-23-16-13(19(20,21)22)9-24-17(26-16)25-10-3-4-11-12(8-10)15-6-5-14(11)27(15)18(28)29/h3-4,8-9,14-15H,2,5-7H2,1H3,(H,28,29)(H2,23,24,25,26)/t14-,15+/m0/s1. The zero-order valence-electron chi connectivity index (χ0n) is 15.6. The van der Waals surface area contributed by atoms with Crippen molar-refractivity contribution in [1.82, 2.24) is 14.9 Å². The molecule has 3 heterocycles. The number of carboxylic acid groups (broad SMARTS) is 1. The second-order valence-electron chi connectivity index (χ2n) is 7.15. The Labute approximate surface area is 165 Å². The summed E-state index contributed by atoms with van der Waals surface area (Å²) in [6.07, 6.45) is -2.53. The molecule has 154 valence electrons. The molecule has 1 fully saturated rings. The van der Waals surface area contributed by atoms with E-state index in [1.165, 1.54) is 4.90 Å². The molecule has 2 bridgehead atoms. The maximum absolute atomic E-state index is 13.2. The van der Waals surface area contributed by atoms with Gasteiger partial charge in [-0.1, -0.05) is 13.0 Å². The molecule has 1 aromatic carbocycles. The van der Waals surface area contributed by atoms with Crippen LogP contribution in [0.25, 0.3) is 0 Å². The molecule has 0 aliphatic carbocycles. The summed E-state index contributed by atoms with van der Waals surface area (Å²) in [5.74, 6) is -0.232. The number of fused-ring (bicyclic) bond motifs is 5. The van der Waals surface area contributed by atoms with Crippen LogP contribution in [0.15, 0.2) is 24.4 Å². The Balaban J connectivity index is 1.60. The number of nitrogens with zero attached hydrogens (tertiary/aromatic N) is 3. The van der Waals surface area contributed by atoms with E-state index in [0.717, 1.165) is 30.2 Å². The second-order valence-corrected chi connectivity index (χ2v) is 7.15. The summed E-state index contributed by atoms with van der Waals surface area (Å²) < 4.78 is 39.5. The fourth-order valence-corrected chi connectivity index (χ4v) is 4.09. The van der Waals surface area contributed by atoms with Crippen LogP contribution in [-0.4, -0.2) is 32.6 Å². The lowest BCUT2D eigenvalue weighted by molar-refractivity contribution is -0.137. The maximum Gasteiger partial charge on any atom is 0.421 e. The van der Waals surface area contributed by atoms with Crippen molar-refractivity contribution in [3.05, 3.63) is 41.1 Å². The number of benzene rings is 1. The van der Waals surface area contributed by atoms with E-state index < -0.39 is 17.8 Å². The van der Waals surface area contributed by atoms with Gasteiger partial charge in [0, 0.05) is 18.4 Å². The fourth-order valence-electron chi connectivity index (χ4n) is 4.09. The number of amides is 1. The first-order valence-electron chi connectivity index (χ1n) is 9.39. The molecule has 10 heteroatoms. The molecule has 0 saturated carbocycles. The Morgan fingerprint density at radius 2 is 2.00 bits per heavy atom. The van der Waals surface area contributed by atoms with E-state index in [2.05, 4.69) is 20.6 Å². The van der Waals surface area contributed by atoms with Gasteiger partial charge in [-0.2, -0.15) is 18.2 Å². The lowest BCUT2D eigenvalue weighted by atomic mass is 9.91. The number of hydrogen-bond acceptors (Lipinski definition) is 5. The monoisotopic (exact) mass is 407 g/mol. The molecule has 0 radical (unpaired) electrons. The van der Waals surface area contributed by atoms with Crippen molar-refractivity contribution in [1.29, 1.82) is 0 Å². The molecule has 1 aromatic heterocycles. The quantitative estimate of drug-likeness (QED) is 0.651. The highest BCUT2D eigenvalue weighted by Gasteiger charge is 2.46. The number of anilines is 3. The van der Waals surface area contributed by atoms with Crippen molar-refractivity contribution < 1.29 is 23.1 Å². The van der Waals surface area contributed by atoms with Crippen LogP contribution < -0.4 is 10.6 Å². The summed E-state index contributed by atoms with van der Waals surface area (Å²) in [5.41, 5.74) is 1.58. The highest BCUT2D eigenvalue weighted by atomic mass is 19.4. The Morgan fingerprint density at radius 1 is 1.28 bits per heavy atom. The number of hydrogen-bond donors (Lipinski definition) is 3. The Bertz CT molecular complexity index is 950. The molecule has 0 unspecified atom stereocenters. The minimum Gasteiger partial charge on any atom is -0.465 e. The smallest absolute Gasteiger partial charge is 0.421 e. The van der Waals surface area contributed by atoms with Gasteiger partial charge in [-0.15, -0.1) is 0 Å². The normalized spacial score (nSPS) is 19.9. The van der Waals surface area contributed by atoms with E-state index in [1.54, 1.807) is 6.07 Å². The highest BCUT2D eigenvalue weighted by Crippen LogP contribution is 2.53. The highest BCUT2D eigenvalue weighted by molar-refractivity contribution is 5.70. The van der Waals surface area contributed by atoms with Crippen LogP contribution in [-0.2, 0) is 6.18 Å². The predicted octanol–water partition coefficient (Wildman–Crippen LogP) is 4.93. The zero-order valence-corrected chi connectivity index (χ0v) is 15.6. The topological polar surface area (TPSA) is 90.4 Å². The van der Waals surface area contributed by atoms with Crippen LogP contribution >= 0.6 is 0 Å². The van der Waals surface area contributed by atoms with Crippen molar-refractivity contribution in [3.63, 3.8) is 0 Å². The third-order valence-electron chi connectivity index (χ3n) is 5.30. The summed E-state index contributed by atoms with van der Waals surface area (Å²) >= 11 is 0. The molecule has 4 rings (SSSR count). The van der Waals surface area contributed by atoms with Crippen LogP contribution in [0.4, 0.5) is 35.4 Å². The summed E-state index contributed by atoms with van der Waals surface area (Å²) in [6.45, 7) is 2.20. The van der Waals surface area contributed by atoms with Crippen LogP contribution in [0.1, 0.15) is 55.0 Å². The van der Waals surface area contributed by atoms with Crippen LogP contribution in [0.2, 0.25) is 0 Å². The number of halogens is 3. The molecular weight excluding hydrogens is 387 g/mol. The number of nitrogens with one attached hydrogen (secondary N) is 2. The number of carbonyl (C=O) groups is 1. The average Bonchev–Trinajstić information content (AvgIpc) is 3.23. The summed E-state index contributed by atoms with van der Waals surface area (Å²) in [6, 6.07) is 5.13. The van der Waals surface area contributed by atoms with Crippen molar-refractivity contribution in [2.45, 2.75) is 44.4 Å². The first kappa shape index (κ1) is 19.3. The predicted molar refractivity (Wildman–Crippen MR) is 100 cm³/mol. The zero-order chi connectivity index (χ0) is 20.8. The molecule has 1 amide bonds. The SMILES string of the molecule is CCCNc1nc(Nc2ccc3c(c2)[C@H]2CC[C@@H]3N2C(=O)O)ncc1C(F)(F)F. The molecule has 1 saturated heterocycles. The minimum atomic E-state index is -4.55. The molecule has 2 aromatic rings. The van der Waals surface area contributed by atoms with Gasteiger partial charge in [0.05, 0.1) is 12.1 Å². The molecule has 3 N–H and O–H groups in total. The van der Waals surface area contributed by atoms with E-state index in [4.69, 9.17) is 0 Å². The Hall–Kier alpha value is -3.04. The van der Waals surface area contributed by atoms with Crippen molar-refractivity contribution >= 4 is 23.5 Å². The minimum absolute atomic E-state index is 0.0369. The average molecular weight is 407 g/mol. The maximum atomic E-state index is 13.2. The van der Waals surface area contributed by atoms with Gasteiger partial charge in [0.15, 0.2) is 0 Å². The Morgan fingerprint density at radius 3 is 2.66 bits per heavy atom. The first-order valence-corrected chi connectivity index (χ1v) is 9.39. The molecule has 7 nitrogen and oxygen atoms in total. The van der Waals surface area contributed by atoms with E-state index >= 15 is 0 Å². The van der Waals surface area contributed by atoms with Crippen molar-refractivity contribution in [3.8, 4) is 0 Å².